The number of esters is 1. The van der Waals surface area contributed by atoms with Crippen LogP contribution in [-0.4, -0.2) is 38.3 Å². The number of hydrogen-bond donors (Lipinski definition) is 3. The number of urea groups is 1. The van der Waals surface area contributed by atoms with Crippen LogP contribution >= 0.6 is 0 Å². The average Bonchev–Trinajstić information content (AvgIpc) is 2.55. The van der Waals surface area contributed by atoms with E-state index in [1.165, 1.54) is 0 Å². The van der Waals surface area contributed by atoms with Crippen LogP contribution in [0.4, 0.5) is 4.79 Å². The van der Waals surface area contributed by atoms with Gasteiger partial charge in [0.25, 0.3) is 0 Å². The molecule has 3 N–H and O–H groups in total. The third-order valence-electron chi connectivity index (χ3n) is 3.68. The van der Waals surface area contributed by atoms with Gasteiger partial charge in [-0.15, -0.1) is 0 Å². The molecule has 1 aromatic rings. The lowest BCUT2D eigenvalue weighted by molar-refractivity contribution is -0.139. The normalized spacial score (nSPS) is 17.1. The van der Waals surface area contributed by atoms with Gasteiger partial charge in [-0.3, -0.25) is 0 Å². The van der Waals surface area contributed by atoms with Crippen LogP contribution in [0, 0.1) is 0 Å². The van der Waals surface area contributed by atoms with E-state index in [0.29, 0.717) is 24.4 Å². The molecule has 1 aliphatic rings. The second-order valence-corrected chi connectivity index (χ2v) is 5.35. The second kappa shape index (κ2) is 8.35. The minimum Gasteiger partial charge on any atom is -0.496 e. The molecule has 1 heterocycles. The van der Waals surface area contributed by atoms with Gasteiger partial charge in [-0.2, -0.15) is 0 Å². The van der Waals surface area contributed by atoms with E-state index in [0.717, 1.165) is 11.3 Å². The number of hydrogen-bond acceptors (Lipinski definition) is 5. The highest BCUT2D eigenvalue weighted by Gasteiger charge is 2.29. The largest absolute Gasteiger partial charge is 0.496 e. The number of carbonyl (C=O) groups excluding carboxylic acids is 2. The van der Waals surface area contributed by atoms with E-state index >= 15 is 0 Å². The average molecular weight is 333 g/mol. The minimum atomic E-state index is -0.424. The molecule has 24 heavy (non-hydrogen) atoms. The zero-order valence-corrected chi connectivity index (χ0v) is 14.1. The molecule has 0 saturated heterocycles. The Morgan fingerprint density at radius 2 is 2.04 bits per heavy atom. The lowest BCUT2D eigenvalue weighted by Crippen LogP contribution is -2.50. The Morgan fingerprint density at radius 1 is 1.29 bits per heavy atom. The van der Waals surface area contributed by atoms with Gasteiger partial charge in [0.15, 0.2) is 0 Å². The van der Waals surface area contributed by atoms with Gasteiger partial charge in [0.1, 0.15) is 5.75 Å². The highest BCUT2D eigenvalue weighted by molar-refractivity contribution is 5.94. The highest BCUT2D eigenvalue weighted by Crippen LogP contribution is 2.17. The molecule has 0 bridgehead atoms. The molecule has 1 aromatic carbocycles. The van der Waals surface area contributed by atoms with Gasteiger partial charge >= 0.3 is 12.0 Å². The summed E-state index contributed by atoms with van der Waals surface area (Å²) in [5.74, 6) is 0.360. The van der Waals surface area contributed by atoms with Crippen LogP contribution in [0.1, 0.15) is 19.4 Å². The van der Waals surface area contributed by atoms with Gasteiger partial charge in [0.2, 0.25) is 0 Å². The Balaban J connectivity index is 2.10. The summed E-state index contributed by atoms with van der Waals surface area (Å²) in [6.45, 7) is 4.67. The number of ether oxygens (including phenoxy) is 2. The van der Waals surface area contributed by atoms with E-state index < -0.39 is 12.0 Å². The molecule has 0 aliphatic carbocycles. The van der Waals surface area contributed by atoms with Crippen molar-refractivity contribution in [1.29, 1.82) is 0 Å². The van der Waals surface area contributed by atoms with Crippen LogP contribution in [0.15, 0.2) is 35.5 Å². The highest BCUT2D eigenvalue weighted by atomic mass is 16.5. The smallest absolute Gasteiger partial charge is 0.337 e. The van der Waals surface area contributed by atoms with Gasteiger partial charge in [-0.1, -0.05) is 18.2 Å². The molecule has 1 atom stereocenters. The quantitative estimate of drug-likeness (QED) is 0.655. The van der Waals surface area contributed by atoms with Gasteiger partial charge < -0.3 is 25.4 Å². The molecule has 2 rings (SSSR count). The Bertz CT molecular complexity index is 642. The maximum atomic E-state index is 12.1. The molecule has 0 fully saturated rings. The monoisotopic (exact) mass is 333 g/mol. The van der Waals surface area contributed by atoms with Crippen molar-refractivity contribution in [1.82, 2.24) is 16.0 Å². The molecule has 0 spiro atoms. The maximum absolute atomic E-state index is 12.1. The summed E-state index contributed by atoms with van der Waals surface area (Å²) >= 11 is 0. The predicted octanol–water partition coefficient (Wildman–Crippen LogP) is 1.30. The Kier molecular flexibility index (Phi) is 6.20. The van der Waals surface area contributed by atoms with Crippen molar-refractivity contribution in [3.8, 4) is 5.75 Å². The first-order chi connectivity index (χ1) is 11.6. The summed E-state index contributed by atoms with van der Waals surface area (Å²) in [6, 6.07) is 6.94. The van der Waals surface area contributed by atoms with Gasteiger partial charge in [-0.25, -0.2) is 9.59 Å². The van der Waals surface area contributed by atoms with E-state index in [1.807, 2.05) is 24.3 Å². The SMILES string of the molecule is CCOC(=O)C1=C(CNCc2ccccc2OC)NC(=O)N[C@@H]1C. The summed E-state index contributed by atoms with van der Waals surface area (Å²) in [7, 11) is 1.62. The van der Waals surface area contributed by atoms with Gasteiger partial charge in [-0.05, 0) is 19.9 Å². The summed E-state index contributed by atoms with van der Waals surface area (Å²) in [6.07, 6.45) is 0. The standard InChI is InChI=1S/C17H23N3O4/c1-4-24-16(21)15-11(2)19-17(22)20-13(15)10-18-9-12-7-5-6-8-14(12)23-3/h5-8,11,18H,4,9-10H2,1-3H3,(H2,19,20,22)/t11-/m1/s1. The number of amides is 2. The fraction of sp³-hybridized carbons (Fsp3) is 0.412. The fourth-order valence-corrected chi connectivity index (χ4v) is 2.59. The van der Waals surface area contributed by atoms with Crippen LogP contribution < -0.4 is 20.7 Å². The summed E-state index contributed by atoms with van der Waals surface area (Å²) in [5.41, 5.74) is 1.95. The fourth-order valence-electron chi connectivity index (χ4n) is 2.59. The third kappa shape index (κ3) is 4.26. The number of rotatable bonds is 7. The van der Waals surface area contributed by atoms with E-state index in [2.05, 4.69) is 16.0 Å². The molecular weight excluding hydrogens is 310 g/mol. The van der Waals surface area contributed by atoms with Crippen LogP contribution in [0.5, 0.6) is 5.75 Å². The van der Waals surface area contributed by atoms with Crippen LogP contribution in [0.2, 0.25) is 0 Å². The molecule has 2 amide bonds. The molecule has 7 nitrogen and oxygen atoms in total. The van der Waals surface area contributed by atoms with Crippen molar-refractivity contribution >= 4 is 12.0 Å². The Labute approximate surface area is 141 Å². The van der Waals surface area contributed by atoms with Crippen molar-refractivity contribution in [2.75, 3.05) is 20.3 Å². The maximum Gasteiger partial charge on any atom is 0.337 e. The van der Waals surface area contributed by atoms with Gasteiger partial charge in [0.05, 0.1) is 25.3 Å². The molecule has 0 saturated carbocycles. The zero-order chi connectivity index (χ0) is 17.5. The Hall–Kier alpha value is -2.54. The zero-order valence-electron chi connectivity index (χ0n) is 14.1. The predicted molar refractivity (Wildman–Crippen MR) is 89.5 cm³/mol. The van der Waals surface area contributed by atoms with Crippen molar-refractivity contribution in [3.05, 3.63) is 41.1 Å². The van der Waals surface area contributed by atoms with Crippen molar-refractivity contribution in [2.24, 2.45) is 0 Å². The van der Waals surface area contributed by atoms with Crippen molar-refractivity contribution < 1.29 is 19.1 Å². The Morgan fingerprint density at radius 3 is 2.75 bits per heavy atom. The third-order valence-corrected chi connectivity index (χ3v) is 3.68. The molecular formula is C17H23N3O4. The first-order valence-corrected chi connectivity index (χ1v) is 7.87. The number of carbonyl (C=O) groups is 2. The summed E-state index contributed by atoms with van der Waals surface area (Å²) in [5, 5.41) is 8.58. The molecule has 0 unspecified atom stereocenters. The van der Waals surface area contributed by atoms with E-state index in [9.17, 15) is 9.59 Å². The topological polar surface area (TPSA) is 88.7 Å². The van der Waals surface area contributed by atoms with Crippen LogP contribution in [-0.2, 0) is 16.1 Å². The van der Waals surface area contributed by atoms with E-state index in [1.54, 1.807) is 21.0 Å². The van der Waals surface area contributed by atoms with Crippen LogP contribution in [0.25, 0.3) is 0 Å². The van der Waals surface area contributed by atoms with Crippen molar-refractivity contribution in [3.63, 3.8) is 0 Å². The second-order valence-electron chi connectivity index (χ2n) is 5.35. The van der Waals surface area contributed by atoms with E-state index in [4.69, 9.17) is 9.47 Å². The van der Waals surface area contributed by atoms with Crippen molar-refractivity contribution in [2.45, 2.75) is 26.4 Å². The first kappa shape index (κ1) is 17.8. The number of nitrogens with one attached hydrogen (secondary N) is 3. The molecule has 0 aromatic heterocycles. The lowest BCUT2D eigenvalue weighted by Gasteiger charge is -2.26. The number of methoxy groups -OCH3 is 1. The first-order valence-electron chi connectivity index (χ1n) is 7.87. The summed E-state index contributed by atoms with van der Waals surface area (Å²) in [4.78, 5) is 23.8. The number of para-hydroxylation sites is 1. The van der Waals surface area contributed by atoms with E-state index in [-0.39, 0.29) is 12.6 Å². The van der Waals surface area contributed by atoms with Gasteiger partial charge in [0, 0.05) is 24.4 Å². The molecule has 0 radical (unpaired) electrons. The number of benzene rings is 1. The molecule has 130 valence electrons. The lowest BCUT2D eigenvalue weighted by atomic mass is 10.0. The molecule has 1 aliphatic heterocycles. The summed E-state index contributed by atoms with van der Waals surface area (Å²) < 4.78 is 10.4. The van der Waals surface area contributed by atoms with Crippen LogP contribution in [0.3, 0.4) is 0 Å². The molecule has 7 heteroatoms. The minimum absolute atomic E-state index is 0.283.